The van der Waals surface area contributed by atoms with E-state index in [1.54, 1.807) is 12.1 Å². The van der Waals surface area contributed by atoms with Gasteiger partial charge in [-0.05, 0) is 62.3 Å². The van der Waals surface area contributed by atoms with Crippen LogP contribution in [0.5, 0.6) is 5.75 Å². The van der Waals surface area contributed by atoms with Crippen LogP contribution in [0.2, 0.25) is 0 Å². The molecule has 2 aliphatic rings. The zero-order chi connectivity index (χ0) is 24.0. The SMILES string of the molecule is COc1ccc(S(=O)(=O)N2CCC(C(=O)NC(CC(C)C)C(=O)NC3CCCC3)CC2)cc1. The molecule has 1 aromatic rings. The van der Waals surface area contributed by atoms with Crippen LogP contribution >= 0.6 is 0 Å². The summed E-state index contributed by atoms with van der Waals surface area (Å²) >= 11 is 0. The smallest absolute Gasteiger partial charge is 0.243 e. The lowest BCUT2D eigenvalue weighted by Gasteiger charge is -2.31. The summed E-state index contributed by atoms with van der Waals surface area (Å²) in [6, 6.07) is 5.96. The average molecular weight is 480 g/mol. The van der Waals surface area contributed by atoms with E-state index in [0.29, 0.717) is 25.0 Å². The minimum Gasteiger partial charge on any atom is -0.497 e. The van der Waals surface area contributed by atoms with Gasteiger partial charge in [-0.15, -0.1) is 0 Å². The zero-order valence-electron chi connectivity index (χ0n) is 19.9. The Labute approximate surface area is 197 Å². The highest BCUT2D eigenvalue weighted by molar-refractivity contribution is 7.89. The van der Waals surface area contributed by atoms with Crippen LogP contribution in [0.25, 0.3) is 0 Å². The number of piperidine rings is 1. The molecule has 1 atom stereocenters. The second-order valence-electron chi connectivity index (χ2n) is 9.53. The van der Waals surface area contributed by atoms with Gasteiger partial charge in [-0.2, -0.15) is 4.31 Å². The quantitative estimate of drug-likeness (QED) is 0.567. The summed E-state index contributed by atoms with van der Waals surface area (Å²) in [7, 11) is -2.09. The highest BCUT2D eigenvalue weighted by Crippen LogP contribution is 2.25. The van der Waals surface area contributed by atoms with Crippen molar-refractivity contribution in [3.05, 3.63) is 24.3 Å². The number of methoxy groups -OCH3 is 1. The molecule has 0 aromatic heterocycles. The van der Waals surface area contributed by atoms with Gasteiger partial charge in [-0.3, -0.25) is 9.59 Å². The number of benzene rings is 1. The highest BCUT2D eigenvalue weighted by atomic mass is 32.2. The Morgan fingerprint density at radius 3 is 2.21 bits per heavy atom. The van der Waals surface area contributed by atoms with Crippen molar-refractivity contribution in [2.45, 2.75) is 75.8 Å². The Balaban J connectivity index is 1.56. The van der Waals surface area contributed by atoms with Gasteiger partial charge in [0, 0.05) is 25.0 Å². The average Bonchev–Trinajstić information content (AvgIpc) is 3.31. The zero-order valence-corrected chi connectivity index (χ0v) is 20.7. The summed E-state index contributed by atoms with van der Waals surface area (Å²) in [5.41, 5.74) is 0. The van der Waals surface area contributed by atoms with Gasteiger partial charge in [0.25, 0.3) is 0 Å². The molecule has 1 aromatic carbocycles. The summed E-state index contributed by atoms with van der Waals surface area (Å²) in [6.45, 7) is 4.61. The molecule has 0 radical (unpaired) electrons. The van der Waals surface area contributed by atoms with E-state index in [0.717, 1.165) is 25.7 Å². The van der Waals surface area contributed by atoms with Crippen molar-refractivity contribution < 1.29 is 22.7 Å². The second-order valence-corrected chi connectivity index (χ2v) is 11.5. The van der Waals surface area contributed by atoms with Crippen molar-refractivity contribution in [1.29, 1.82) is 0 Å². The number of ether oxygens (including phenoxy) is 1. The molecule has 2 fully saturated rings. The molecule has 0 bridgehead atoms. The molecule has 184 valence electrons. The predicted octanol–water partition coefficient (Wildman–Crippen LogP) is 2.69. The number of carbonyl (C=O) groups excluding carboxylic acids is 2. The van der Waals surface area contributed by atoms with Gasteiger partial charge in [0.2, 0.25) is 21.8 Å². The Morgan fingerprint density at radius 2 is 1.67 bits per heavy atom. The lowest BCUT2D eigenvalue weighted by Crippen LogP contribution is -2.52. The number of hydrogen-bond acceptors (Lipinski definition) is 5. The molecular formula is C24H37N3O5S. The van der Waals surface area contributed by atoms with Crippen LogP contribution in [0.15, 0.2) is 29.2 Å². The molecular weight excluding hydrogens is 442 g/mol. The topological polar surface area (TPSA) is 105 Å². The van der Waals surface area contributed by atoms with E-state index in [1.807, 2.05) is 13.8 Å². The number of nitrogens with one attached hydrogen (secondary N) is 2. The fourth-order valence-electron chi connectivity index (χ4n) is 4.62. The maximum Gasteiger partial charge on any atom is 0.243 e. The van der Waals surface area contributed by atoms with Gasteiger partial charge in [0.1, 0.15) is 11.8 Å². The van der Waals surface area contributed by atoms with Crippen LogP contribution in [0.3, 0.4) is 0 Å². The van der Waals surface area contributed by atoms with Crippen LogP contribution in [0, 0.1) is 11.8 Å². The van der Waals surface area contributed by atoms with E-state index in [4.69, 9.17) is 4.74 Å². The highest BCUT2D eigenvalue weighted by Gasteiger charge is 2.34. The molecule has 3 rings (SSSR count). The lowest BCUT2D eigenvalue weighted by molar-refractivity contribution is -0.132. The van der Waals surface area contributed by atoms with Gasteiger partial charge in [0.05, 0.1) is 12.0 Å². The first kappa shape index (κ1) is 25.5. The predicted molar refractivity (Wildman–Crippen MR) is 126 cm³/mol. The third-order valence-corrected chi connectivity index (χ3v) is 8.48. The Hall–Kier alpha value is -2.13. The maximum absolute atomic E-state index is 13.0. The van der Waals surface area contributed by atoms with Gasteiger partial charge in [0.15, 0.2) is 0 Å². The van der Waals surface area contributed by atoms with Crippen molar-refractivity contribution in [2.75, 3.05) is 20.2 Å². The first-order chi connectivity index (χ1) is 15.7. The number of nitrogens with zero attached hydrogens (tertiary/aromatic N) is 1. The van der Waals surface area contributed by atoms with Gasteiger partial charge < -0.3 is 15.4 Å². The molecule has 1 heterocycles. The van der Waals surface area contributed by atoms with E-state index in [2.05, 4.69) is 10.6 Å². The molecule has 0 spiro atoms. The molecule has 1 aliphatic carbocycles. The number of carbonyl (C=O) groups is 2. The van der Waals surface area contributed by atoms with E-state index in [9.17, 15) is 18.0 Å². The molecule has 1 unspecified atom stereocenters. The monoisotopic (exact) mass is 479 g/mol. The van der Waals surface area contributed by atoms with E-state index < -0.39 is 16.1 Å². The first-order valence-corrected chi connectivity index (χ1v) is 13.4. The number of hydrogen-bond donors (Lipinski definition) is 2. The van der Waals surface area contributed by atoms with Crippen molar-refractivity contribution in [1.82, 2.24) is 14.9 Å². The second kappa shape index (κ2) is 11.3. The maximum atomic E-state index is 13.0. The van der Waals surface area contributed by atoms with Crippen LogP contribution in [-0.2, 0) is 19.6 Å². The molecule has 1 saturated carbocycles. The van der Waals surface area contributed by atoms with Crippen molar-refractivity contribution in [3.63, 3.8) is 0 Å². The van der Waals surface area contributed by atoms with Crippen molar-refractivity contribution in [2.24, 2.45) is 11.8 Å². The fourth-order valence-corrected chi connectivity index (χ4v) is 6.09. The molecule has 2 amide bonds. The van der Waals surface area contributed by atoms with E-state index >= 15 is 0 Å². The van der Waals surface area contributed by atoms with Crippen LogP contribution in [-0.4, -0.2) is 56.8 Å². The normalized spacial score (nSPS) is 19.4. The molecule has 1 saturated heterocycles. The Kier molecular flexibility index (Phi) is 8.75. The fraction of sp³-hybridized carbons (Fsp3) is 0.667. The Morgan fingerprint density at radius 1 is 1.06 bits per heavy atom. The first-order valence-electron chi connectivity index (χ1n) is 12.0. The minimum absolute atomic E-state index is 0.108. The number of amides is 2. The van der Waals surface area contributed by atoms with Gasteiger partial charge >= 0.3 is 0 Å². The van der Waals surface area contributed by atoms with Gasteiger partial charge in [-0.25, -0.2) is 8.42 Å². The van der Waals surface area contributed by atoms with Crippen LogP contribution < -0.4 is 15.4 Å². The van der Waals surface area contributed by atoms with Crippen LogP contribution in [0.1, 0.15) is 58.8 Å². The van der Waals surface area contributed by atoms with E-state index in [-0.39, 0.29) is 47.7 Å². The molecule has 1 aliphatic heterocycles. The van der Waals surface area contributed by atoms with Crippen molar-refractivity contribution in [3.8, 4) is 5.75 Å². The summed E-state index contributed by atoms with van der Waals surface area (Å²) in [4.78, 5) is 26.0. The number of sulfonamides is 1. The largest absolute Gasteiger partial charge is 0.497 e. The van der Waals surface area contributed by atoms with Crippen LogP contribution in [0.4, 0.5) is 0 Å². The summed E-state index contributed by atoms with van der Waals surface area (Å²) in [5.74, 6) is 0.284. The van der Waals surface area contributed by atoms with E-state index in [1.165, 1.54) is 23.5 Å². The third-order valence-electron chi connectivity index (χ3n) is 6.56. The van der Waals surface area contributed by atoms with Crippen molar-refractivity contribution >= 4 is 21.8 Å². The lowest BCUT2D eigenvalue weighted by atomic mass is 9.95. The standard InChI is InChI=1S/C24H37N3O5S/c1-17(2)16-22(24(29)25-19-6-4-5-7-19)26-23(28)18-12-14-27(15-13-18)33(30,31)21-10-8-20(32-3)9-11-21/h8-11,17-19,22H,4-7,12-16H2,1-3H3,(H,25,29)(H,26,28). The molecule has 8 nitrogen and oxygen atoms in total. The summed E-state index contributed by atoms with van der Waals surface area (Å²) in [5, 5.41) is 6.05. The third kappa shape index (κ3) is 6.69. The summed E-state index contributed by atoms with van der Waals surface area (Å²) in [6.07, 6.45) is 5.69. The molecule has 2 N–H and O–H groups in total. The molecule has 33 heavy (non-hydrogen) atoms. The minimum atomic E-state index is -3.62. The number of rotatable bonds is 9. The summed E-state index contributed by atoms with van der Waals surface area (Å²) < 4.78 is 32.4. The Bertz CT molecular complexity index is 903. The van der Waals surface area contributed by atoms with Gasteiger partial charge in [-0.1, -0.05) is 26.7 Å². The molecule has 9 heteroatoms.